The van der Waals surface area contributed by atoms with E-state index in [9.17, 15) is 14.0 Å². The van der Waals surface area contributed by atoms with Crippen molar-refractivity contribution in [3.8, 4) is 0 Å². The molecule has 1 N–H and O–H groups in total. The fourth-order valence-electron chi connectivity index (χ4n) is 2.14. The van der Waals surface area contributed by atoms with Gasteiger partial charge in [0, 0.05) is 12.1 Å². The summed E-state index contributed by atoms with van der Waals surface area (Å²) in [6.07, 6.45) is 0.436. The van der Waals surface area contributed by atoms with Crippen LogP contribution in [0.15, 0.2) is 42.5 Å². The zero-order valence-corrected chi connectivity index (χ0v) is 13.9. The Bertz CT molecular complexity index is 749. The summed E-state index contributed by atoms with van der Waals surface area (Å²) in [4.78, 5) is 23.6. The van der Waals surface area contributed by atoms with Crippen molar-refractivity contribution in [2.24, 2.45) is 0 Å². The van der Waals surface area contributed by atoms with Crippen LogP contribution in [0.3, 0.4) is 0 Å². The van der Waals surface area contributed by atoms with Gasteiger partial charge in [-0.05, 0) is 43.2 Å². The van der Waals surface area contributed by atoms with Gasteiger partial charge in [0.1, 0.15) is 5.82 Å². The molecular weight excluding hydrogens is 333 g/mol. The molecule has 0 radical (unpaired) electrons. The summed E-state index contributed by atoms with van der Waals surface area (Å²) in [5.74, 6) is -1.11. The molecule has 2 rings (SSSR count). The number of nitrogens with one attached hydrogen (secondary N) is 1. The summed E-state index contributed by atoms with van der Waals surface area (Å²) in [7, 11) is 0. The molecule has 2 aromatic rings. The lowest BCUT2D eigenvalue weighted by molar-refractivity contribution is -0.116. The average Bonchev–Trinajstić information content (AvgIpc) is 2.54. The van der Waals surface area contributed by atoms with Crippen molar-refractivity contribution < 1.29 is 18.7 Å². The number of aryl methyl sites for hydroxylation is 1. The number of anilines is 1. The second-order valence-electron chi connectivity index (χ2n) is 5.05. The van der Waals surface area contributed by atoms with Crippen molar-refractivity contribution in [3.05, 3.63) is 64.4 Å². The smallest absolute Gasteiger partial charge is 0.339 e. The second kappa shape index (κ2) is 8.45. The molecule has 0 spiro atoms. The van der Waals surface area contributed by atoms with Gasteiger partial charge >= 0.3 is 5.97 Å². The Kier molecular flexibility index (Phi) is 6.32. The molecule has 0 saturated carbocycles. The number of rotatable bonds is 6. The van der Waals surface area contributed by atoms with E-state index in [4.69, 9.17) is 16.3 Å². The van der Waals surface area contributed by atoms with Crippen LogP contribution in [0.25, 0.3) is 0 Å². The summed E-state index contributed by atoms with van der Waals surface area (Å²) in [5, 5.41) is 2.87. The third-order valence-corrected chi connectivity index (χ3v) is 3.64. The van der Waals surface area contributed by atoms with Gasteiger partial charge in [-0.25, -0.2) is 9.18 Å². The van der Waals surface area contributed by atoms with E-state index >= 15 is 0 Å². The molecule has 0 heterocycles. The fraction of sp³-hybridized carbons (Fsp3) is 0.222. The molecule has 0 unspecified atom stereocenters. The number of hydrogen-bond acceptors (Lipinski definition) is 3. The summed E-state index contributed by atoms with van der Waals surface area (Å²) in [6.45, 7) is 1.96. The SMILES string of the molecule is CCOC(=O)c1ccc(NC(=O)CCc2ccccc2F)cc1Cl. The van der Waals surface area contributed by atoms with Crippen molar-refractivity contribution >= 4 is 29.2 Å². The van der Waals surface area contributed by atoms with Gasteiger partial charge in [-0.15, -0.1) is 0 Å². The van der Waals surface area contributed by atoms with Crippen molar-refractivity contribution in [2.45, 2.75) is 19.8 Å². The van der Waals surface area contributed by atoms with Crippen LogP contribution in [-0.2, 0) is 16.0 Å². The lowest BCUT2D eigenvalue weighted by atomic mass is 10.1. The Labute approximate surface area is 144 Å². The van der Waals surface area contributed by atoms with Crippen LogP contribution >= 0.6 is 11.6 Å². The number of hydrogen-bond donors (Lipinski definition) is 1. The van der Waals surface area contributed by atoms with Crippen LogP contribution in [-0.4, -0.2) is 18.5 Å². The maximum atomic E-state index is 13.5. The molecular formula is C18H17ClFNO3. The molecule has 0 bridgehead atoms. The first-order valence-corrected chi connectivity index (χ1v) is 7.89. The minimum atomic E-state index is -0.514. The standard InChI is InChI=1S/C18H17ClFNO3/c1-2-24-18(23)14-9-8-13(11-15(14)19)21-17(22)10-7-12-5-3-4-6-16(12)20/h3-6,8-9,11H,2,7,10H2,1H3,(H,21,22). The number of ether oxygens (including phenoxy) is 1. The van der Waals surface area contributed by atoms with Gasteiger partial charge in [-0.2, -0.15) is 0 Å². The van der Waals surface area contributed by atoms with E-state index in [1.165, 1.54) is 18.2 Å². The Hall–Kier alpha value is -2.40. The molecule has 0 atom stereocenters. The molecule has 0 aromatic heterocycles. The molecule has 1 amide bonds. The fourth-order valence-corrected chi connectivity index (χ4v) is 2.40. The number of esters is 1. The topological polar surface area (TPSA) is 55.4 Å². The molecule has 0 fully saturated rings. The van der Waals surface area contributed by atoms with E-state index in [1.807, 2.05) is 0 Å². The number of carbonyl (C=O) groups excluding carboxylic acids is 2. The van der Waals surface area contributed by atoms with Crippen LogP contribution in [0.5, 0.6) is 0 Å². The highest BCUT2D eigenvalue weighted by molar-refractivity contribution is 6.34. The van der Waals surface area contributed by atoms with E-state index in [0.29, 0.717) is 17.7 Å². The normalized spacial score (nSPS) is 10.3. The number of benzene rings is 2. The van der Waals surface area contributed by atoms with Crippen LogP contribution < -0.4 is 5.32 Å². The van der Waals surface area contributed by atoms with Gasteiger partial charge in [0.2, 0.25) is 5.91 Å². The Morgan fingerprint density at radius 1 is 1.21 bits per heavy atom. The van der Waals surface area contributed by atoms with Crippen LogP contribution in [0.4, 0.5) is 10.1 Å². The monoisotopic (exact) mass is 349 g/mol. The van der Waals surface area contributed by atoms with E-state index in [2.05, 4.69) is 5.32 Å². The van der Waals surface area contributed by atoms with Gasteiger partial charge < -0.3 is 10.1 Å². The first-order valence-electron chi connectivity index (χ1n) is 7.51. The maximum absolute atomic E-state index is 13.5. The van der Waals surface area contributed by atoms with Crippen LogP contribution in [0.2, 0.25) is 5.02 Å². The zero-order chi connectivity index (χ0) is 17.5. The van der Waals surface area contributed by atoms with Gasteiger partial charge in [0.25, 0.3) is 0 Å². The van der Waals surface area contributed by atoms with Gasteiger partial charge in [-0.3, -0.25) is 4.79 Å². The molecule has 24 heavy (non-hydrogen) atoms. The molecule has 0 aliphatic heterocycles. The zero-order valence-electron chi connectivity index (χ0n) is 13.1. The summed E-state index contributed by atoms with van der Waals surface area (Å²) < 4.78 is 18.4. The predicted molar refractivity (Wildman–Crippen MR) is 90.8 cm³/mol. The van der Waals surface area contributed by atoms with Crippen molar-refractivity contribution in [1.82, 2.24) is 0 Å². The summed E-state index contributed by atoms with van der Waals surface area (Å²) >= 11 is 6.04. The van der Waals surface area contributed by atoms with E-state index in [-0.39, 0.29) is 35.3 Å². The minimum absolute atomic E-state index is 0.137. The van der Waals surface area contributed by atoms with Crippen LogP contribution in [0.1, 0.15) is 29.3 Å². The van der Waals surface area contributed by atoms with E-state index in [0.717, 1.165) is 0 Å². The van der Waals surface area contributed by atoms with Gasteiger partial charge in [0.15, 0.2) is 0 Å². The van der Waals surface area contributed by atoms with E-state index < -0.39 is 5.97 Å². The minimum Gasteiger partial charge on any atom is -0.462 e. The molecule has 0 aliphatic rings. The quantitative estimate of drug-likeness (QED) is 0.794. The summed E-state index contributed by atoms with van der Waals surface area (Å²) in [5.41, 5.74) is 1.19. The molecule has 0 saturated heterocycles. The predicted octanol–water partition coefficient (Wildman–Crippen LogP) is 4.23. The first-order chi connectivity index (χ1) is 11.5. The third-order valence-electron chi connectivity index (χ3n) is 3.33. The highest BCUT2D eigenvalue weighted by atomic mass is 35.5. The highest BCUT2D eigenvalue weighted by Crippen LogP contribution is 2.22. The maximum Gasteiger partial charge on any atom is 0.339 e. The third kappa shape index (κ3) is 4.80. The molecule has 2 aromatic carbocycles. The lowest BCUT2D eigenvalue weighted by Crippen LogP contribution is -2.13. The van der Waals surface area contributed by atoms with Crippen molar-refractivity contribution in [1.29, 1.82) is 0 Å². The molecule has 0 aliphatic carbocycles. The van der Waals surface area contributed by atoms with Crippen molar-refractivity contribution in [2.75, 3.05) is 11.9 Å². The van der Waals surface area contributed by atoms with Gasteiger partial charge in [-0.1, -0.05) is 29.8 Å². The van der Waals surface area contributed by atoms with Crippen LogP contribution in [0, 0.1) is 5.82 Å². The lowest BCUT2D eigenvalue weighted by Gasteiger charge is -2.09. The second-order valence-corrected chi connectivity index (χ2v) is 5.46. The molecule has 4 nitrogen and oxygen atoms in total. The molecule has 126 valence electrons. The average molecular weight is 350 g/mol. The van der Waals surface area contributed by atoms with Crippen molar-refractivity contribution in [3.63, 3.8) is 0 Å². The number of carbonyl (C=O) groups is 2. The Morgan fingerprint density at radius 2 is 1.96 bits per heavy atom. The molecule has 6 heteroatoms. The van der Waals surface area contributed by atoms with Gasteiger partial charge in [0.05, 0.1) is 17.2 Å². The number of amides is 1. The summed E-state index contributed by atoms with van der Waals surface area (Å²) in [6, 6.07) is 10.9. The number of halogens is 2. The van der Waals surface area contributed by atoms with E-state index in [1.54, 1.807) is 31.2 Å². The Balaban J connectivity index is 1.96. The Morgan fingerprint density at radius 3 is 2.62 bits per heavy atom. The highest BCUT2D eigenvalue weighted by Gasteiger charge is 2.13. The first kappa shape index (κ1) is 17.9. The largest absolute Gasteiger partial charge is 0.462 e.